The third-order valence-electron chi connectivity index (χ3n) is 1.82. The van der Waals surface area contributed by atoms with Gasteiger partial charge in [0.25, 0.3) is 6.43 Å². The molecule has 0 amide bonds. The molecule has 0 aliphatic heterocycles. The van der Waals surface area contributed by atoms with Crippen LogP contribution in [0, 0.1) is 17.0 Å². The molecule has 0 bridgehead atoms. The predicted octanol–water partition coefficient (Wildman–Crippen LogP) is 2.24. The SMILES string of the molecule is COc1c(C)cnc([N+](=O)[O-])c1C(F)F. The number of pyridine rings is 1. The molecule has 0 N–H and O–H groups in total. The molecule has 0 saturated carbocycles. The second kappa shape index (κ2) is 4.16. The number of methoxy groups -OCH3 is 1. The van der Waals surface area contributed by atoms with Crippen LogP contribution in [-0.2, 0) is 0 Å². The summed E-state index contributed by atoms with van der Waals surface area (Å²) in [7, 11) is 1.18. The number of ether oxygens (including phenoxy) is 1. The van der Waals surface area contributed by atoms with Crippen molar-refractivity contribution < 1.29 is 18.4 Å². The van der Waals surface area contributed by atoms with E-state index in [0.717, 1.165) is 6.20 Å². The van der Waals surface area contributed by atoms with Crippen LogP contribution < -0.4 is 4.74 Å². The van der Waals surface area contributed by atoms with Gasteiger partial charge in [0.15, 0.2) is 5.56 Å². The number of hydrogen-bond donors (Lipinski definition) is 0. The Balaban J connectivity index is 3.49. The van der Waals surface area contributed by atoms with Crippen molar-refractivity contribution in [3.8, 4) is 5.75 Å². The van der Waals surface area contributed by atoms with Gasteiger partial charge in [-0.15, -0.1) is 0 Å². The molecular weight excluding hydrogens is 210 g/mol. The highest BCUT2D eigenvalue weighted by atomic mass is 19.3. The van der Waals surface area contributed by atoms with Crippen LogP contribution in [0.4, 0.5) is 14.6 Å². The van der Waals surface area contributed by atoms with E-state index in [-0.39, 0.29) is 5.75 Å². The van der Waals surface area contributed by atoms with Gasteiger partial charge < -0.3 is 14.9 Å². The van der Waals surface area contributed by atoms with Gasteiger partial charge in [-0.3, -0.25) is 0 Å². The van der Waals surface area contributed by atoms with Gasteiger partial charge in [0, 0.05) is 5.56 Å². The van der Waals surface area contributed by atoms with Crippen LogP contribution >= 0.6 is 0 Å². The van der Waals surface area contributed by atoms with Gasteiger partial charge in [-0.1, -0.05) is 0 Å². The van der Waals surface area contributed by atoms with Gasteiger partial charge in [0.05, 0.1) is 7.11 Å². The molecule has 0 aliphatic rings. The number of alkyl halides is 2. The average molecular weight is 218 g/mol. The summed E-state index contributed by atoms with van der Waals surface area (Å²) in [5.41, 5.74) is -0.444. The highest BCUT2D eigenvalue weighted by Crippen LogP contribution is 2.36. The van der Waals surface area contributed by atoms with E-state index in [1.807, 2.05) is 0 Å². The monoisotopic (exact) mass is 218 g/mol. The fourth-order valence-electron chi connectivity index (χ4n) is 1.21. The van der Waals surface area contributed by atoms with E-state index in [0.29, 0.717) is 5.56 Å². The second-order valence-corrected chi connectivity index (χ2v) is 2.77. The molecule has 0 spiro atoms. The van der Waals surface area contributed by atoms with Crippen molar-refractivity contribution in [3.63, 3.8) is 0 Å². The number of nitro groups is 1. The van der Waals surface area contributed by atoms with Gasteiger partial charge in [-0.25, -0.2) is 8.78 Å². The number of rotatable bonds is 3. The van der Waals surface area contributed by atoms with E-state index in [1.165, 1.54) is 14.0 Å². The van der Waals surface area contributed by atoms with Gasteiger partial charge in [-0.2, -0.15) is 0 Å². The summed E-state index contributed by atoms with van der Waals surface area (Å²) in [6.45, 7) is 1.49. The second-order valence-electron chi connectivity index (χ2n) is 2.77. The Kier molecular flexibility index (Phi) is 3.13. The molecule has 0 radical (unpaired) electrons. The molecule has 0 aliphatic carbocycles. The van der Waals surface area contributed by atoms with Gasteiger partial charge in [0.2, 0.25) is 0 Å². The first-order valence-electron chi connectivity index (χ1n) is 3.95. The molecular formula is C8H8F2N2O3. The summed E-state index contributed by atoms with van der Waals surface area (Å²) in [6.07, 6.45) is -1.87. The van der Waals surface area contributed by atoms with E-state index in [1.54, 1.807) is 0 Å². The van der Waals surface area contributed by atoms with Gasteiger partial charge >= 0.3 is 5.82 Å². The average Bonchev–Trinajstić information content (AvgIpc) is 2.16. The van der Waals surface area contributed by atoms with Gasteiger partial charge in [0.1, 0.15) is 11.9 Å². The largest absolute Gasteiger partial charge is 0.495 e. The first kappa shape index (κ1) is 11.3. The Bertz CT molecular complexity index is 396. The zero-order valence-corrected chi connectivity index (χ0v) is 8.03. The molecule has 0 atom stereocenters. The van der Waals surface area contributed by atoms with Crippen molar-refractivity contribution in [2.45, 2.75) is 13.3 Å². The molecule has 1 heterocycles. The molecule has 15 heavy (non-hydrogen) atoms. The Morgan fingerprint density at radius 1 is 1.60 bits per heavy atom. The predicted molar refractivity (Wildman–Crippen MR) is 47.1 cm³/mol. The van der Waals surface area contributed by atoms with Crippen molar-refractivity contribution in [2.75, 3.05) is 7.11 Å². The van der Waals surface area contributed by atoms with E-state index in [9.17, 15) is 18.9 Å². The maximum atomic E-state index is 12.6. The summed E-state index contributed by atoms with van der Waals surface area (Å²) in [6, 6.07) is 0. The van der Waals surface area contributed by atoms with Crippen LogP contribution in [0.1, 0.15) is 17.6 Å². The summed E-state index contributed by atoms with van der Waals surface area (Å²) < 4.78 is 29.9. The molecule has 0 aromatic carbocycles. The summed E-state index contributed by atoms with van der Waals surface area (Å²) >= 11 is 0. The molecule has 0 unspecified atom stereocenters. The van der Waals surface area contributed by atoms with Crippen LogP contribution in [0.5, 0.6) is 5.75 Å². The zero-order valence-electron chi connectivity index (χ0n) is 8.03. The fraction of sp³-hybridized carbons (Fsp3) is 0.375. The van der Waals surface area contributed by atoms with Crippen molar-refractivity contribution in [3.05, 3.63) is 27.4 Å². The molecule has 0 saturated heterocycles. The molecule has 1 rings (SSSR count). The molecule has 5 nitrogen and oxygen atoms in total. The van der Waals surface area contributed by atoms with Crippen molar-refractivity contribution >= 4 is 5.82 Å². The zero-order chi connectivity index (χ0) is 11.6. The lowest BCUT2D eigenvalue weighted by Gasteiger charge is -2.09. The Morgan fingerprint density at radius 2 is 2.20 bits per heavy atom. The summed E-state index contributed by atoms with van der Waals surface area (Å²) in [5.74, 6) is -1.06. The lowest BCUT2D eigenvalue weighted by molar-refractivity contribution is -0.391. The van der Waals surface area contributed by atoms with Crippen LogP contribution in [-0.4, -0.2) is 17.0 Å². The van der Waals surface area contributed by atoms with E-state index in [4.69, 9.17) is 4.74 Å². The Labute approximate surface area is 83.8 Å². The number of aryl methyl sites for hydroxylation is 1. The molecule has 7 heteroatoms. The standard InChI is InChI=1S/C8H8F2N2O3/c1-4-3-11-8(12(13)14)5(7(9)10)6(4)15-2/h3,7H,1-2H3. The maximum absolute atomic E-state index is 12.6. The first-order chi connectivity index (χ1) is 6.99. The van der Waals surface area contributed by atoms with Crippen molar-refractivity contribution in [1.82, 2.24) is 4.98 Å². The Morgan fingerprint density at radius 3 is 2.60 bits per heavy atom. The third kappa shape index (κ3) is 2.00. The summed E-state index contributed by atoms with van der Waals surface area (Å²) in [4.78, 5) is 12.9. The highest BCUT2D eigenvalue weighted by Gasteiger charge is 2.29. The smallest absolute Gasteiger partial charge is 0.376 e. The van der Waals surface area contributed by atoms with Crippen molar-refractivity contribution in [1.29, 1.82) is 0 Å². The van der Waals surface area contributed by atoms with Crippen LogP contribution in [0.15, 0.2) is 6.20 Å². The topological polar surface area (TPSA) is 65.3 Å². The Hall–Kier alpha value is -1.79. The number of hydrogen-bond acceptors (Lipinski definition) is 4. The molecule has 82 valence electrons. The van der Waals surface area contributed by atoms with Crippen LogP contribution in [0.2, 0.25) is 0 Å². The quantitative estimate of drug-likeness (QED) is 0.576. The summed E-state index contributed by atoms with van der Waals surface area (Å²) in [5, 5.41) is 10.5. The van der Waals surface area contributed by atoms with E-state index in [2.05, 4.69) is 4.98 Å². The first-order valence-corrected chi connectivity index (χ1v) is 3.95. The number of halogens is 2. The minimum absolute atomic E-state index is 0.188. The fourth-order valence-corrected chi connectivity index (χ4v) is 1.21. The third-order valence-corrected chi connectivity index (χ3v) is 1.82. The minimum atomic E-state index is -2.99. The normalized spacial score (nSPS) is 10.5. The molecule has 0 fully saturated rings. The number of nitrogens with zero attached hydrogens (tertiary/aromatic N) is 2. The highest BCUT2D eigenvalue weighted by molar-refractivity contribution is 5.49. The van der Waals surface area contributed by atoms with Crippen LogP contribution in [0.25, 0.3) is 0 Å². The van der Waals surface area contributed by atoms with Crippen molar-refractivity contribution in [2.24, 2.45) is 0 Å². The molecule has 1 aromatic heterocycles. The lowest BCUT2D eigenvalue weighted by atomic mass is 10.1. The minimum Gasteiger partial charge on any atom is -0.495 e. The van der Waals surface area contributed by atoms with Gasteiger partial charge in [-0.05, 0) is 16.8 Å². The lowest BCUT2D eigenvalue weighted by Crippen LogP contribution is -2.03. The number of aromatic nitrogens is 1. The van der Waals surface area contributed by atoms with E-state index >= 15 is 0 Å². The van der Waals surface area contributed by atoms with E-state index < -0.39 is 22.7 Å². The molecule has 1 aromatic rings. The maximum Gasteiger partial charge on any atom is 0.376 e. The van der Waals surface area contributed by atoms with Crippen LogP contribution in [0.3, 0.4) is 0 Å².